The summed E-state index contributed by atoms with van der Waals surface area (Å²) in [4.78, 5) is 2.39. The van der Waals surface area contributed by atoms with Gasteiger partial charge in [0.2, 0.25) is 0 Å². The van der Waals surface area contributed by atoms with Gasteiger partial charge in [-0.05, 0) is 49.9 Å². The molecule has 1 saturated heterocycles. The Morgan fingerprint density at radius 3 is 2.64 bits per heavy atom. The Hall–Kier alpha value is -1.29. The highest BCUT2D eigenvalue weighted by molar-refractivity contribution is 7.91. The number of rotatable bonds is 4. The molecule has 0 bridgehead atoms. The summed E-state index contributed by atoms with van der Waals surface area (Å²) in [5, 5.41) is 10.5. The maximum atomic E-state index is 12.9. The van der Waals surface area contributed by atoms with Gasteiger partial charge in [0.05, 0.1) is 6.54 Å². The predicted molar refractivity (Wildman–Crippen MR) is 96.1 cm³/mol. The predicted octanol–water partition coefficient (Wildman–Crippen LogP) is 1.49. The highest BCUT2D eigenvalue weighted by Crippen LogP contribution is 2.26. The molecule has 4 heterocycles. The summed E-state index contributed by atoms with van der Waals surface area (Å²) in [6, 6.07) is 1.86. The number of aromatic nitrogens is 3. The summed E-state index contributed by atoms with van der Waals surface area (Å²) < 4.78 is 30.1. The molecule has 2 aromatic rings. The summed E-state index contributed by atoms with van der Waals surface area (Å²) in [7, 11) is -3.42. The van der Waals surface area contributed by atoms with E-state index in [0.717, 1.165) is 36.8 Å². The van der Waals surface area contributed by atoms with E-state index < -0.39 is 10.0 Å². The zero-order chi connectivity index (χ0) is 17.4. The lowest BCUT2D eigenvalue weighted by atomic mass is 10.4. The molecule has 1 fully saturated rings. The van der Waals surface area contributed by atoms with Gasteiger partial charge in [-0.2, -0.15) is 4.31 Å². The maximum Gasteiger partial charge on any atom is 0.252 e. The average molecular weight is 382 g/mol. The zero-order valence-electron chi connectivity index (χ0n) is 14.4. The molecule has 2 aliphatic heterocycles. The molecule has 0 amide bonds. The first kappa shape index (κ1) is 17.1. The van der Waals surface area contributed by atoms with Crippen molar-refractivity contribution in [1.82, 2.24) is 24.0 Å². The SMILES string of the molecule is Cc1ccsc1S(=O)(=O)N1CCc2nnc(CN3CCCC3)n2CC1. The molecule has 9 heteroatoms. The molecular formula is C16H23N5O2S2. The number of aryl methyl sites for hydroxylation is 1. The molecule has 25 heavy (non-hydrogen) atoms. The van der Waals surface area contributed by atoms with Crippen LogP contribution in [0.3, 0.4) is 0 Å². The van der Waals surface area contributed by atoms with Crippen molar-refractivity contribution in [3.8, 4) is 0 Å². The fourth-order valence-electron chi connectivity index (χ4n) is 3.60. The number of nitrogens with zero attached hydrogens (tertiary/aromatic N) is 5. The molecule has 136 valence electrons. The van der Waals surface area contributed by atoms with Crippen LogP contribution in [0.1, 0.15) is 30.1 Å². The van der Waals surface area contributed by atoms with E-state index in [0.29, 0.717) is 30.3 Å². The van der Waals surface area contributed by atoms with Crippen LogP contribution in [0.4, 0.5) is 0 Å². The first-order valence-corrected chi connectivity index (χ1v) is 11.1. The lowest BCUT2D eigenvalue weighted by molar-refractivity contribution is 0.314. The number of hydrogen-bond donors (Lipinski definition) is 0. The molecule has 0 aromatic carbocycles. The quantitative estimate of drug-likeness (QED) is 0.802. The molecule has 0 radical (unpaired) electrons. The van der Waals surface area contributed by atoms with Crippen molar-refractivity contribution in [2.75, 3.05) is 26.2 Å². The van der Waals surface area contributed by atoms with E-state index in [1.54, 1.807) is 4.31 Å². The summed E-state index contributed by atoms with van der Waals surface area (Å²) in [6.07, 6.45) is 3.09. The van der Waals surface area contributed by atoms with Gasteiger partial charge in [0.25, 0.3) is 10.0 Å². The molecule has 2 aliphatic rings. The Labute approximate surface area is 152 Å². The van der Waals surface area contributed by atoms with Crippen molar-refractivity contribution in [3.05, 3.63) is 28.7 Å². The highest BCUT2D eigenvalue weighted by atomic mass is 32.2. The van der Waals surface area contributed by atoms with Crippen LogP contribution >= 0.6 is 11.3 Å². The third-order valence-corrected chi connectivity index (χ3v) is 8.58. The van der Waals surface area contributed by atoms with Crippen molar-refractivity contribution in [1.29, 1.82) is 0 Å². The van der Waals surface area contributed by atoms with Gasteiger partial charge in [0.1, 0.15) is 15.9 Å². The number of hydrogen-bond acceptors (Lipinski definition) is 6. The van der Waals surface area contributed by atoms with Crippen LogP contribution in [0.25, 0.3) is 0 Å². The fourth-order valence-corrected chi connectivity index (χ4v) is 6.58. The van der Waals surface area contributed by atoms with Gasteiger partial charge in [-0.15, -0.1) is 21.5 Å². The van der Waals surface area contributed by atoms with E-state index >= 15 is 0 Å². The van der Waals surface area contributed by atoms with Gasteiger partial charge >= 0.3 is 0 Å². The highest BCUT2D eigenvalue weighted by Gasteiger charge is 2.30. The van der Waals surface area contributed by atoms with E-state index in [-0.39, 0.29) is 0 Å². The van der Waals surface area contributed by atoms with E-state index in [1.807, 2.05) is 18.4 Å². The number of likely N-dealkylation sites (tertiary alicyclic amines) is 1. The fraction of sp³-hybridized carbons (Fsp3) is 0.625. The van der Waals surface area contributed by atoms with E-state index in [2.05, 4.69) is 19.7 Å². The normalized spacial score (nSPS) is 19.9. The van der Waals surface area contributed by atoms with Crippen LogP contribution in [0.5, 0.6) is 0 Å². The zero-order valence-corrected chi connectivity index (χ0v) is 16.0. The lowest BCUT2D eigenvalue weighted by Crippen LogP contribution is -2.33. The van der Waals surface area contributed by atoms with Gasteiger partial charge < -0.3 is 4.57 Å². The minimum atomic E-state index is -3.42. The van der Waals surface area contributed by atoms with Gasteiger partial charge in [0.15, 0.2) is 0 Å². The van der Waals surface area contributed by atoms with Crippen molar-refractivity contribution in [3.63, 3.8) is 0 Å². The van der Waals surface area contributed by atoms with Crippen molar-refractivity contribution < 1.29 is 8.42 Å². The lowest BCUT2D eigenvalue weighted by Gasteiger charge is -2.19. The van der Waals surface area contributed by atoms with E-state index in [4.69, 9.17) is 0 Å². The van der Waals surface area contributed by atoms with Crippen molar-refractivity contribution >= 4 is 21.4 Å². The monoisotopic (exact) mass is 381 g/mol. The summed E-state index contributed by atoms with van der Waals surface area (Å²) >= 11 is 1.30. The number of thiophene rings is 1. The van der Waals surface area contributed by atoms with Crippen LogP contribution in [0.2, 0.25) is 0 Å². The molecule has 4 rings (SSSR count). The van der Waals surface area contributed by atoms with Crippen molar-refractivity contribution in [2.45, 2.75) is 43.5 Å². The Balaban J connectivity index is 1.52. The van der Waals surface area contributed by atoms with Crippen molar-refractivity contribution in [2.24, 2.45) is 0 Å². The third-order valence-electron chi connectivity index (χ3n) is 5.01. The molecule has 0 aliphatic carbocycles. The topological polar surface area (TPSA) is 71.3 Å². The van der Waals surface area contributed by atoms with Gasteiger partial charge in [-0.3, -0.25) is 4.90 Å². The van der Waals surface area contributed by atoms with Gasteiger partial charge in [0, 0.05) is 26.1 Å². The summed E-state index contributed by atoms with van der Waals surface area (Å²) in [5.41, 5.74) is 0.823. The molecule has 0 saturated carbocycles. The van der Waals surface area contributed by atoms with Crippen LogP contribution in [-0.4, -0.2) is 58.6 Å². The van der Waals surface area contributed by atoms with Crippen LogP contribution < -0.4 is 0 Å². The third kappa shape index (κ3) is 3.25. The first-order chi connectivity index (χ1) is 12.1. The maximum absolute atomic E-state index is 12.9. The second-order valence-electron chi connectivity index (χ2n) is 6.71. The molecule has 0 spiro atoms. The van der Waals surface area contributed by atoms with Gasteiger partial charge in [-0.1, -0.05) is 0 Å². The van der Waals surface area contributed by atoms with Crippen LogP contribution in [0.15, 0.2) is 15.7 Å². The molecular weight excluding hydrogens is 358 g/mol. The molecule has 0 unspecified atom stereocenters. The number of sulfonamides is 1. The Bertz CT molecular complexity index is 852. The smallest absolute Gasteiger partial charge is 0.252 e. The first-order valence-electron chi connectivity index (χ1n) is 8.73. The minimum absolute atomic E-state index is 0.460. The van der Waals surface area contributed by atoms with Gasteiger partial charge in [-0.25, -0.2) is 8.42 Å². The van der Waals surface area contributed by atoms with E-state index in [9.17, 15) is 8.42 Å². The summed E-state index contributed by atoms with van der Waals surface area (Å²) in [5.74, 6) is 1.86. The number of fused-ring (bicyclic) bond motifs is 1. The Morgan fingerprint density at radius 1 is 1.12 bits per heavy atom. The standard InChI is InChI=1S/C16H23N5O2S2/c1-13-5-11-24-16(13)25(22,23)20-8-4-14-17-18-15(21(14)10-9-20)12-19-6-2-3-7-19/h5,11H,2-4,6-10,12H2,1H3. The van der Waals surface area contributed by atoms with E-state index in [1.165, 1.54) is 24.2 Å². The Morgan fingerprint density at radius 2 is 1.92 bits per heavy atom. The molecule has 0 N–H and O–H groups in total. The summed E-state index contributed by atoms with van der Waals surface area (Å²) in [6.45, 7) is 6.43. The molecule has 2 aromatic heterocycles. The molecule has 7 nitrogen and oxygen atoms in total. The second kappa shape index (κ2) is 6.79. The Kier molecular flexibility index (Phi) is 4.65. The largest absolute Gasteiger partial charge is 0.313 e. The minimum Gasteiger partial charge on any atom is -0.313 e. The molecule has 0 atom stereocenters. The second-order valence-corrected chi connectivity index (χ2v) is 9.76. The average Bonchev–Trinajstić information content (AvgIpc) is 3.29. The van der Waals surface area contributed by atoms with Crippen LogP contribution in [0, 0.1) is 6.92 Å². The van der Waals surface area contributed by atoms with Crippen LogP contribution in [-0.2, 0) is 29.5 Å².